The van der Waals surface area contributed by atoms with Crippen molar-refractivity contribution in [3.63, 3.8) is 0 Å². The predicted molar refractivity (Wildman–Crippen MR) is 19.6 cm³/mol. The fourth-order valence-electron chi connectivity index (χ4n) is 0. The molecule has 0 fully saturated rings. The third-order valence-corrected chi connectivity index (χ3v) is 3.00. The van der Waals surface area contributed by atoms with Crippen LogP contribution in [0.25, 0.3) is 0 Å². The second-order valence-corrected chi connectivity index (χ2v) is 2.89. The van der Waals surface area contributed by atoms with Crippen LogP contribution in [0.5, 0.6) is 0 Å². The molecule has 0 aliphatic rings. The van der Waals surface area contributed by atoms with Crippen LogP contribution in [-0.4, -0.2) is 0 Å². The van der Waals surface area contributed by atoms with Gasteiger partial charge in [-0.15, -0.1) is 0 Å². The summed E-state index contributed by atoms with van der Waals surface area (Å²) in [6.07, 6.45) is 0. The van der Waals surface area contributed by atoms with Crippen molar-refractivity contribution in [3.05, 3.63) is 0 Å². The van der Waals surface area contributed by atoms with Gasteiger partial charge in [-0.2, -0.15) is 0 Å². The third kappa shape index (κ3) is 4.62. The summed E-state index contributed by atoms with van der Waals surface area (Å²) in [6, 6.07) is 0. The summed E-state index contributed by atoms with van der Waals surface area (Å²) in [7, 11) is 0. The predicted octanol–water partition coefficient (Wildman–Crippen LogP) is 1.61. The first-order valence-corrected chi connectivity index (χ1v) is 4.16. The Bertz CT molecular complexity index is 17.6. The molecule has 0 unspecified atom stereocenters. The molecule has 5 heavy (non-hydrogen) atoms. The first-order chi connectivity index (χ1) is 2.27. The standard InChI is InChI=1S/C4H9.Zn/c1-4(2)3;/h4H,1H2,2-3H3;. The van der Waals surface area contributed by atoms with E-state index in [1.54, 1.807) is 0 Å². The van der Waals surface area contributed by atoms with Crippen LogP contribution in [0.15, 0.2) is 0 Å². The summed E-state index contributed by atoms with van der Waals surface area (Å²) in [6.45, 7) is 4.51. The number of rotatable bonds is 1. The van der Waals surface area contributed by atoms with Crippen LogP contribution in [0.3, 0.4) is 0 Å². The van der Waals surface area contributed by atoms with Crippen molar-refractivity contribution in [3.8, 4) is 0 Å². The Kier molecular flexibility index (Phi) is 3.19. The zero-order valence-electron chi connectivity index (χ0n) is 3.99. The molecule has 0 rings (SSSR count). The average Bonchev–Trinajstić information content (AvgIpc) is 1.38. The van der Waals surface area contributed by atoms with E-state index in [4.69, 9.17) is 0 Å². The van der Waals surface area contributed by atoms with Gasteiger partial charge >= 0.3 is 43.1 Å². The fraction of sp³-hybridized carbons (Fsp3) is 1.00. The molecular weight excluding hydrogens is 113 g/mol. The molecule has 27 valence electrons. The van der Waals surface area contributed by atoms with Crippen LogP contribution in [0, 0.1) is 5.92 Å². The summed E-state index contributed by atoms with van der Waals surface area (Å²) >= 11 is 1.46. The molecule has 0 aliphatic heterocycles. The van der Waals surface area contributed by atoms with Gasteiger partial charge in [0.1, 0.15) is 0 Å². The summed E-state index contributed by atoms with van der Waals surface area (Å²) in [5, 5.41) is 1.43. The van der Waals surface area contributed by atoms with E-state index in [2.05, 4.69) is 13.8 Å². The number of hydrogen-bond acceptors (Lipinski definition) is 0. The molecule has 1 heteroatoms. The molecule has 0 aromatic rings. The topological polar surface area (TPSA) is 0 Å². The molecule has 0 bridgehead atoms. The van der Waals surface area contributed by atoms with Crippen molar-refractivity contribution in [1.29, 1.82) is 0 Å². The first kappa shape index (κ1) is 5.62. The van der Waals surface area contributed by atoms with E-state index in [0.29, 0.717) is 0 Å². The molecule has 0 nitrogen and oxygen atoms in total. The molecule has 0 spiro atoms. The maximum atomic E-state index is 2.25. The van der Waals surface area contributed by atoms with E-state index < -0.39 is 0 Å². The molecular formula is C4H9Zn. The molecule has 0 saturated heterocycles. The van der Waals surface area contributed by atoms with Crippen LogP contribution in [0.1, 0.15) is 13.8 Å². The van der Waals surface area contributed by atoms with Crippen molar-refractivity contribution in [1.82, 2.24) is 0 Å². The van der Waals surface area contributed by atoms with Crippen LogP contribution in [-0.2, 0) is 18.3 Å². The van der Waals surface area contributed by atoms with E-state index in [9.17, 15) is 0 Å². The maximum absolute atomic E-state index is 2.25. The van der Waals surface area contributed by atoms with E-state index in [0.717, 1.165) is 5.92 Å². The first-order valence-electron chi connectivity index (χ1n) is 2.06. The summed E-state index contributed by atoms with van der Waals surface area (Å²) < 4.78 is 0. The molecule has 0 aromatic carbocycles. The van der Waals surface area contributed by atoms with Gasteiger partial charge in [0.05, 0.1) is 0 Å². The van der Waals surface area contributed by atoms with Crippen molar-refractivity contribution in [2.45, 2.75) is 18.9 Å². The minimum atomic E-state index is 0.940. The zero-order valence-corrected chi connectivity index (χ0v) is 6.96. The molecule has 0 heterocycles. The van der Waals surface area contributed by atoms with Gasteiger partial charge in [-0.3, -0.25) is 0 Å². The fourth-order valence-corrected chi connectivity index (χ4v) is 0. The Morgan fingerprint density at radius 1 is 1.60 bits per heavy atom. The van der Waals surface area contributed by atoms with Gasteiger partial charge in [-0.25, -0.2) is 0 Å². The van der Waals surface area contributed by atoms with Crippen molar-refractivity contribution >= 4 is 0 Å². The van der Waals surface area contributed by atoms with Gasteiger partial charge in [0.15, 0.2) is 0 Å². The zero-order chi connectivity index (χ0) is 4.28. The number of hydrogen-bond donors (Lipinski definition) is 0. The second-order valence-electron chi connectivity index (χ2n) is 1.68. The Morgan fingerprint density at radius 3 is 1.80 bits per heavy atom. The average molecular weight is 123 g/mol. The van der Waals surface area contributed by atoms with Crippen molar-refractivity contribution in [2.75, 3.05) is 0 Å². The Hall–Kier alpha value is 0.623. The Morgan fingerprint density at radius 2 is 1.80 bits per heavy atom. The van der Waals surface area contributed by atoms with E-state index >= 15 is 0 Å². The molecule has 0 amide bonds. The van der Waals surface area contributed by atoms with E-state index in [1.165, 1.54) is 23.3 Å². The molecule has 0 N–H and O–H groups in total. The van der Waals surface area contributed by atoms with Gasteiger partial charge < -0.3 is 0 Å². The van der Waals surface area contributed by atoms with Gasteiger partial charge in [0, 0.05) is 0 Å². The molecule has 0 aliphatic carbocycles. The molecule has 0 saturated carbocycles. The Labute approximate surface area is 43.6 Å². The van der Waals surface area contributed by atoms with Gasteiger partial charge in [-0.1, -0.05) is 0 Å². The van der Waals surface area contributed by atoms with Gasteiger partial charge in [0.2, 0.25) is 0 Å². The summed E-state index contributed by atoms with van der Waals surface area (Å²) in [5.74, 6) is 0.940. The normalized spacial score (nSPS) is 9.80. The summed E-state index contributed by atoms with van der Waals surface area (Å²) in [5.41, 5.74) is 0. The van der Waals surface area contributed by atoms with Crippen LogP contribution < -0.4 is 0 Å². The minimum absolute atomic E-state index is 0.940. The van der Waals surface area contributed by atoms with Crippen molar-refractivity contribution in [2.24, 2.45) is 5.92 Å². The molecule has 0 aromatic heterocycles. The molecule has 0 atom stereocenters. The third-order valence-electron chi connectivity index (χ3n) is 0.577. The molecule has 0 radical (unpaired) electrons. The van der Waals surface area contributed by atoms with E-state index in [1.807, 2.05) is 0 Å². The monoisotopic (exact) mass is 121 g/mol. The van der Waals surface area contributed by atoms with Crippen molar-refractivity contribution < 1.29 is 18.3 Å². The second kappa shape index (κ2) is 2.84. The quantitative estimate of drug-likeness (QED) is 0.464. The van der Waals surface area contributed by atoms with Crippen LogP contribution in [0.4, 0.5) is 0 Å². The SMILES string of the molecule is CC(C)[CH2][Zn]. The van der Waals surface area contributed by atoms with Crippen LogP contribution >= 0.6 is 0 Å². The van der Waals surface area contributed by atoms with E-state index in [-0.39, 0.29) is 0 Å². The van der Waals surface area contributed by atoms with Gasteiger partial charge in [0.25, 0.3) is 0 Å². The van der Waals surface area contributed by atoms with Crippen LogP contribution in [0.2, 0.25) is 5.02 Å². The Balaban J connectivity index is 2.54. The van der Waals surface area contributed by atoms with Gasteiger partial charge in [-0.05, 0) is 0 Å². The summed E-state index contributed by atoms with van der Waals surface area (Å²) in [4.78, 5) is 0.